The molecule has 2 aliphatic rings. The van der Waals surface area contributed by atoms with Gasteiger partial charge in [0.05, 0.1) is 4.58 Å². The number of piperazine rings is 1. The molecule has 0 spiro atoms. The second-order valence-electron chi connectivity index (χ2n) is 6.35. The number of carbonyl (C=O) groups is 1. The number of aromatic nitrogens is 2. The fourth-order valence-electron chi connectivity index (χ4n) is 3.12. The maximum atomic E-state index is 12.4. The van der Waals surface area contributed by atoms with Crippen LogP contribution in [-0.4, -0.2) is 65.1 Å². The number of amides is 1. The van der Waals surface area contributed by atoms with E-state index in [0.717, 1.165) is 24.8 Å². The van der Waals surface area contributed by atoms with Gasteiger partial charge in [0.15, 0.2) is 6.61 Å². The van der Waals surface area contributed by atoms with E-state index in [4.69, 9.17) is 4.74 Å². The van der Waals surface area contributed by atoms with Crippen LogP contribution >= 0.6 is 23.5 Å². The van der Waals surface area contributed by atoms with E-state index in [2.05, 4.69) is 27.0 Å². The molecule has 1 aromatic heterocycles. The first-order valence-electron chi connectivity index (χ1n) is 9.05. The van der Waals surface area contributed by atoms with E-state index in [-0.39, 0.29) is 12.5 Å². The number of thioether (sulfide) groups is 2. The highest BCUT2D eigenvalue weighted by Crippen LogP contribution is 2.45. The standard InChI is InChI=1S/C19H22N4O2S2/c24-17(22-8-10-23(11-9-22)19-20-6-1-7-21-19)14-25-16-4-2-15(3-5-16)18-26-12-13-27-18/h1-7,18H,8-14H2. The minimum absolute atomic E-state index is 0.0228. The summed E-state index contributed by atoms with van der Waals surface area (Å²) in [6.07, 6.45) is 3.48. The second kappa shape index (κ2) is 8.84. The van der Waals surface area contributed by atoms with Gasteiger partial charge in [0.1, 0.15) is 5.75 Å². The van der Waals surface area contributed by atoms with Gasteiger partial charge in [-0.05, 0) is 23.8 Å². The van der Waals surface area contributed by atoms with Crippen molar-refractivity contribution in [2.24, 2.45) is 0 Å². The molecule has 1 aromatic carbocycles. The largest absolute Gasteiger partial charge is 0.484 e. The fraction of sp³-hybridized carbons (Fsp3) is 0.421. The molecule has 2 aliphatic heterocycles. The van der Waals surface area contributed by atoms with E-state index in [1.807, 2.05) is 40.6 Å². The predicted octanol–water partition coefficient (Wildman–Crippen LogP) is 2.68. The van der Waals surface area contributed by atoms with Crippen LogP contribution in [0.3, 0.4) is 0 Å². The summed E-state index contributed by atoms with van der Waals surface area (Å²) in [6.45, 7) is 2.88. The van der Waals surface area contributed by atoms with Gasteiger partial charge in [-0.25, -0.2) is 9.97 Å². The highest BCUT2D eigenvalue weighted by molar-refractivity contribution is 8.19. The minimum atomic E-state index is 0.0228. The molecule has 0 bridgehead atoms. The lowest BCUT2D eigenvalue weighted by Crippen LogP contribution is -2.50. The zero-order chi connectivity index (χ0) is 18.5. The van der Waals surface area contributed by atoms with Crippen LogP contribution in [0.4, 0.5) is 5.95 Å². The molecule has 8 heteroatoms. The molecule has 0 unspecified atom stereocenters. The van der Waals surface area contributed by atoms with Gasteiger partial charge in [0, 0.05) is 50.1 Å². The number of nitrogens with zero attached hydrogens (tertiary/aromatic N) is 4. The molecule has 3 heterocycles. The minimum Gasteiger partial charge on any atom is -0.484 e. The van der Waals surface area contributed by atoms with Gasteiger partial charge in [-0.2, -0.15) is 0 Å². The van der Waals surface area contributed by atoms with Gasteiger partial charge in [0.2, 0.25) is 5.95 Å². The Morgan fingerprint density at radius 2 is 1.70 bits per heavy atom. The summed E-state index contributed by atoms with van der Waals surface area (Å²) in [6, 6.07) is 9.95. The maximum absolute atomic E-state index is 12.4. The van der Waals surface area contributed by atoms with Crippen LogP contribution < -0.4 is 9.64 Å². The molecule has 6 nitrogen and oxygen atoms in total. The molecule has 4 rings (SSSR count). The van der Waals surface area contributed by atoms with Crippen LogP contribution in [0.25, 0.3) is 0 Å². The summed E-state index contributed by atoms with van der Waals surface area (Å²) in [7, 11) is 0. The Labute approximate surface area is 167 Å². The van der Waals surface area contributed by atoms with Crippen molar-refractivity contribution >= 4 is 35.4 Å². The average Bonchev–Trinajstić information content (AvgIpc) is 3.28. The van der Waals surface area contributed by atoms with Crippen LogP contribution in [0.1, 0.15) is 10.1 Å². The highest BCUT2D eigenvalue weighted by atomic mass is 32.2. The average molecular weight is 403 g/mol. The molecule has 2 fully saturated rings. The van der Waals surface area contributed by atoms with Crippen molar-refractivity contribution in [1.82, 2.24) is 14.9 Å². The predicted molar refractivity (Wildman–Crippen MR) is 110 cm³/mol. The lowest BCUT2D eigenvalue weighted by molar-refractivity contribution is -0.133. The van der Waals surface area contributed by atoms with Crippen molar-refractivity contribution in [1.29, 1.82) is 0 Å². The summed E-state index contributed by atoms with van der Waals surface area (Å²) < 4.78 is 6.24. The van der Waals surface area contributed by atoms with Crippen LogP contribution in [0.5, 0.6) is 5.75 Å². The van der Waals surface area contributed by atoms with Crippen LogP contribution in [0, 0.1) is 0 Å². The van der Waals surface area contributed by atoms with E-state index in [1.165, 1.54) is 17.1 Å². The lowest BCUT2D eigenvalue weighted by Gasteiger charge is -2.34. The van der Waals surface area contributed by atoms with E-state index in [0.29, 0.717) is 17.7 Å². The Kier molecular flexibility index (Phi) is 6.03. The van der Waals surface area contributed by atoms with Gasteiger partial charge in [-0.3, -0.25) is 4.79 Å². The first-order valence-corrected chi connectivity index (χ1v) is 11.1. The molecule has 0 saturated carbocycles. The molecule has 2 saturated heterocycles. The smallest absolute Gasteiger partial charge is 0.260 e. The summed E-state index contributed by atoms with van der Waals surface area (Å²) in [5, 5.41) is 0. The molecule has 0 aliphatic carbocycles. The first kappa shape index (κ1) is 18.4. The summed E-state index contributed by atoms with van der Waals surface area (Å²) in [5.41, 5.74) is 1.32. The van der Waals surface area contributed by atoms with E-state index in [9.17, 15) is 4.79 Å². The van der Waals surface area contributed by atoms with Gasteiger partial charge >= 0.3 is 0 Å². The third-order valence-electron chi connectivity index (χ3n) is 4.60. The van der Waals surface area contributed by atoms with Crippen LogP contribution in [-0.2, 0) is 4.79 Å². The molecule has 142 valence electrons. The summed E-state index contributed by atoms with van der Waals surface area (Å²) >= 11 is 3.97. The summed E-state index contributed by atoms with van der Waals surface area (Å²) in [5.74, 6) is 3.92. The molecule has 1 amide bonds. The quantitative estimate of drug-likeness (QED) is 0.762. The Morgan fingerprint density at radius 3 is 2.37 bits per heavy atom. The number of ether oxygens (including phenoxy) is 1. The normalized spacial score (nSPS) is 17.9. The zero-order valence-corrected chi connectivity index (χ0v) is 16.6. The molecule has 27 heavy (non-hydrogen) atoms. The first-order chi connectivity index (χ1) is 13.3. The van der Waals surface area contributed by atoms with E-state index < -0.39 is 0 Å². The Bertz CT molecular complexity index is 746. The van der Waals surface area contributed by atoms with Gasteiger partial charge in [-0.15, -0.1) is 23.5 Å². The Morgan fingerprint density at radius 1 is 1.04 bits per heavy atom. The molecular formula is C19H22N4O2S2. The van der Waals surface area contributed by atoms with Crippen molar-refractivity contribution in [2.75, 3.05) is 49.2 Å². The summed E-state index contributed by atoms with van der Waals surface area (Å²) in [4.78, 5) is 24.9. The molecule has 0 radical (unpaired) electrons. The third kappa shape index (κ3) is 4.68. The number of hydrogen-bond acceptors (Lipinski definition) is 7. The van der Waals surface area contributed by atoms with Crippen molar-refractivity contribution in [2.45, 2.75) is 4.58 Å². The third-order valence-corrected chi connectivity index (χ3v) is 7.71. The Hall–Kier alpha value is -1.93. The molecule has 0 atom stereocenters. The monoisotopic (exact) mass is 402 g/mol. The number of carbonyl (C=O) groups excluding carboxylic acids is 1. The van der Waals surface area contributed by atoms with Gasteiger partial charge in [-0.1, -0.05) is 12.1 Å². The number of hydrogen-bond donors (Lipinski definition) is 0. The highest BCUT2D eigenvalue weighted by Gasteiger charge is 2.23. The zero-order valence-electron chi connectivity index (χ0n) is 15.0. The van der Waals surface area contributed by atoms with Crippen molar-refractivity contribution in [3.8, 4) is 5.75 Å². The molecular weight excluding hydrogens is 380 g/mol. The second-order valence-corrected chi connectivity index (χ2v) is 9.07. The SMILES string of the molecule is O=C(COc1ccc(C2SCCS2)cc1)N1CCN(c2ncccn2)CC1. The number of anilines is 1. The van der Waals surface area contributed by atoms with Crippen molar-refractivity contribution < 1.29 is 9.53 Å². The van der Waals surface area contributed by atoms with Gasteiger partial charge in [0.25, 0.3) is 5.91 Å². The van der Waals surface area contributed by atoms with E-state index in [1.54, 1.807) is 18.5 Å². The van der Waals surface area contributed by atoms with E-state index >= 15 is 0 Å². The number of benzene rings is 1. The molecule has 2 aromatic rings. The number of rotatable bonds is 5. The van der Waals surface area contributed by atoms with Crippen molar-refractivity contribution in [3.05, 3.63) is 48.3 Å². The maximum Gasteiger partial charge on any atom is 0.260 e. The Balaban J connectivity index is 1.24. The molecule has 0 N–H and O–H groups in total. The van der Waals surface area contributed by atoms with Crippen LogP contribution in [0.15, 0.2) is 42.7 Å². The van der Waals surface area contributed by atoms with Crippen LogP contribution in [0.2, 0.25) is 0 Å². The van der Waals surface area contributed by atoms with Gasteiger partial charge < -0.3 is 14.5 Å². The topological polar surface area (TPSA) is 58.6 Å². The lowest BCUT2D eigenvalue weighted by atomic mass is 10.2. The van der Waals surface area contributed by atoms with Crippen molar-refractivity contribution in [3.63, 3.8) is 0 Å². The fourth-order valence-corrected chi connectivity index (χ4v) is 5.98.